The smallest absolute Gasteiger partial charge is 0.241 e. The molecule has 0 aromatic heterocycles. The molecule has 0 radical (unpaired) electrons. The zero-order valence-electron chi connectivity index (χ0n) is 7.72. The number of hydrazine groups is 1. The Balaban J connectivity index is 4.02. The third-order valence-corrected chi connectivity index (χ3v) is 2.81. The molecule has 0 bridgehead atoms. The van der Waals surface area contributed by atoms with Crippen LogP contribution >= 0.6 is 0 Å². The quantitative estimate of drug-likeness (QED) is 0.632. The van der Waals surface area contributed by atoms with E-state index in [4.69, 9.17) is 0 Å². The Labute approximate surface area is 74.1 Å². The van der Waals surface area contributed by atoms with E-state index in [1.165, 1.54) is 6.92 Å². The number of allylic oxidation sites excluding steroid dienone is 1. The highest BCUT2D eigenvalue weighted by molar-refractivity contribution is 7.93. The second-order valence-electron chi connectivity index (χ2n) is 2.76. The van der Waals surface area contributed by atoms with Crippen molar-refractivity contribution in [1.29, 1.82) is 0 Å². The van der Waals surface area contributed by atoms with Gasteiger partial charge in [0, 0.05) is 6.04 Å². The summed E-state index contributed by atoms with van der Waals surface area (Å²) in [5.74, 6) is 0. The fourth-order valence-electron chi connectivity index (χ4n) is 0.367. The van der Waals surface area contributed by atoms with Crippen molar-refractivity contribution in [2.24, 2.45) is 0 Å². The van der Waals surface area contributed by atoms with Crippen LogP contribution in [-0.4, -0.2) is 14.5 Å². The summed E-state index contributed by atoms with van der Waals surface area (Å²) >= 11 is 0. The molecule has 72 valence electrons. The van der Waals surface area contributed by atoms with E-state index in [1.54, 1.807) is 0 Å². The second kappa shape index (κ2) is 4.59. The highest BCUT2D eigenvalue weighted by Crippen LogP contribution is 1.97. The Morgan fingerprint density at radius 2 is 2.08 bits per heavy atom. The van der Waals surface area contributed by atoms with E-state index in [-0.39, 0.29) is 10.9 Å². The van der Waals surface area contributed by atoms with Crippen LogP contribution in [0.1, 0.15) is 27.2 Å². The maximum Gasteiger partial charge on any atom is 0.248 e. The first kappa shape index (κ1) is 11.6. The molecule has 0 saturated carbocycles. The van der Waals surface area contributed by atoms with Gasteiger partial charge in [0.2, 0.25) is 10.0 Å². The van der Waals surface area contributed by atoms with Crippen molar-refractivity contribution in [2.45, 2.75) is 33.2 Å². The lowest BCUT2D eigenvalue weighted by Crippen LogP contribution is -2.42. The zero-order valence-corrected chi connectivity index (χ0v) is 8.53. The third kappa shape index (κ3) is 3.85. The van der Waals surface area contributed by atoms with Gasteiger partial charge in [-0.3, -0.25) is 0 Å². The lowest BCUT2D eigenvalue weighted by Gasteiger charge is -2.12. The van der Waals surface area contributed by atoms with Crippen LogP contribution in [0.5, 0.6) is 0 Å². The van der Waals surface area contributed by atoms with Crippen molar-refractivity contribution in [3.63, 3.8) is 0 Å². The summed E-state index contributed by atoms with van der Waals surface area (Å²) in [6.07, 6.45) is 0.860. The molecule has 0 rings (SSSR count). The molecule has 0 aromatic carbocycles. The van der Waals surface area contributed by atoms with Crippen LogP contribution in [0.3, 0.4) is 0 Å². The minimum absolute atomic E-state index is 0.110. The second-order valence-corrected chi connectivity index (χ2v) is 4.67. The van der Waals surface area contributed by atoms with E-state index in [9.17, 15) is 8.42 Å². The molecule has 1 unspecified atom stereocenters. The van der Waals surface area contributed by atoms with Crippen LogP contribution in [0.2, 0.25) is 0 Å². The lowest BCUT2D eigenvalue weighted by molar-refractivity contribution is 0.496. The molecular weight excluding hydrogens is 176 g/mol. The van der Waals surface area contributed by atoms with Gasteiger partial charge in [0.25, 0.3) is 0 Å². The van der Waals surface area contributed by atoms with Gasteiger partial charge < -0.3 is 0 Å². The number of rotatable bonds is 5. The summed E-state index contributed by atoms with van der Waals surface area (Å²) < 4.78 is 22.2. The van der Waals surface area contributed by atoms with E-state index in [2.05, 4.69) is 16.8 Å². The molecule has 0 aromatic rings. The molecular formula is C7H16N2O2S. The van der Waals surface area contributed by atoms with E-state index in [0.29, 0.717) is 0 Å². The summed E-state index contributed by atoms with van der Waals surface area (Å²) in [6.45, 7) is 8.64. The molecule has 4 nitrogen and oxygen atoms in total. The molecule has 0 saturated heterocycles. The number of hydrogen-bond acceptors (Lipinski definition) is 3. The topological polar surface area (TPSA) is 58.2 Å². The summed E-state index contributed by atoms with van der Waals surface area (Å²) in [5.41, 5.74) is 2.66. The molecule has 0 aliphatic carbocycles. The summed E-state index contributed by atoms with van der Waals surface area (Å²) in [6, 6.07) is 0.124. The maximum absolute atomic E-state index is 11.1. The fourth-order valence-corrected chi connectivity index (χ4v) is 0.898. The minimum Gasteiger partial charge on any atom is -0.241 e. The van der Waals surface area contributed by atoms with Gasteiger partial charge in [-0.1, -0.05) is 13.5 Å². The molecule has 0 aliphatic heterocycles. The summed E-state index contributed by atoms with van der Waals surface area (Å²) in [7, 11) is -3.36. The van der Waals surface area contributed by atoms with Crippen LogP contribution in [0.15, 0.2) is 11.5 Å². The van der Waals surface area contributed by atoms with Crippen molar-refractivity contribution < 1.29 is 8.42 Å². The van der Waals surface area contributed by atoms with Crippen LogP contribution in [-0.2, 0) is 10.0 Å². The highest BCUT2D eigenvalue weighted by Gasteiger charge is 2.10. The Morgan fingerprint density at radius 1 is 1.58 bits per heavy atom. The fraction of sp³-hybridized carbons (Fsp3) is 0.714. The van der Waals surface area contributed by atoms with Gasteiger partial charge in [0.15, 0.2) is 0 Å². The van der Waals surface area contributed by atoms with Gasteiger partial charge in [0.1, 0.15) is 0 Å². The average molecular weight is 192 g/mol. The first-order chi connectivity index (χ1) is 5.40. The standard InChI is InChI=1S/C7H16N2O2S/c1-5-7(4)8-9-12(10,11)6(2)3/h7-9H,2,5H2,1,3-4H3. The van der Waals surface area contributed by atoms with Gasteiger partial charge in [-0.25, -0.2) is 13.8 Å². The first-order valence-corrected chi connectivity index (χ1v) is 5.31. The van der Waals surface area contributed by atoms with Gasteiger partial charge >= 0.3 is 0 Å². The number of sulfonamides is 1. The molecule has 0 heterocycles. The van der Waals surface area contributed by atoms with E-state index >= 15 is 0 Å². The monoisotopic (exact) mass is 192 g/mol. The van der Waals surface area contributed by atoms with Crippen LogP contribution in [0.4, 0.5) is 0 Å². The predicted octanol–water partition coefficient (Wildman–Crippen LogP) is 0.742. The van der Waals surface area contributed by atoms with Crippen molar-refractivity contribution in [3.8, 4) is 0 Å². The Kier molecular flexibility index (Phi) is 4.44. The zero-order chi connectivity index (χ0) is 9.78. The van der Waals surface area contributed by atoms with Crippen molar-refractivity contribution in [2.75, 3.05) is 0 Å². The molecule has 0 fully saturated rings. The molecule has 5 heteroatoms. The van der Waals surface area contributed by atoms with Crippen molar-refractivity contribution >= 4 is 10.0 Å². The van der Waals surface area contributed by atoms with E-state index < -0.39 is 10.0 Å². The Bertz CT molecular complexity index is 246. The molecule has 0 amide bonds. The van der Waals surface area contributed by atoms with Crippen LogP contribution in [0.25, 0.3) is 0 Å². The largest absolute Gasteiger partial charge is 0.248 e. The molecule has 2 N–H and O–H groups in total. The average Bonchev–Trinajstić information content (AvgIpc) is 2.00. The number of hydrogen-bond donors (Lipinski definition) is 2. The molecule has 12 heavy (non-hydrogen) atoms. The normalized spacial score (nSPS) is 14.2. The predicted molar refractivity (Wildman–Crippen MR) is 49.8 cm³/mol. The SMILES string of the molecule is C=C(C)S(=O)(=O)NNC(C)CC. The van der Waals surface area contributed by atoms with E-state index in [1.807, 2.05) is 13.8 Å². The molecule has 0 spiro atoms. The van der Waals surface area contributed by atoms with Crippen molar-refractivity contribution in [1.82, 2.24) is 10.3 Å². The van der Waals surface area contributed by atoms with Gasteiger partial charge in [-0.05, 0) is 20.3 Å². The van der Waals surface area contributed by atoms with Crippen molar-refractivity contribution in [3.05, 3.63) is 11.5 Å². The third-order valence-electron chi connectivity index (χ3n) is 1.51. The van der Waals surface area contributed by atoms with Gasteiger partial charge in [0.05, 0.1) is 4.91 Å². The van der Waals surface area contributed by atoms with Gasteiger partial charge in [-0.15, -0.1) is 4.83 Å². The molecule has 0 aliphatic rings. The summed E-state index contributed by atoms with van der Waals surface area (Å²) in [4.78, 5) is 2.34. The Morgan fingerprint density at radius 3 is 2.42 bits per heavy atom. The maximum atomic E-state index is 11.1. The minimum atomic E-state index is -3.36. The highest BCUT2D eigenvalue weighted by atomic mass is 32.2. The lowest BCUT2D eigenvalue weighted by atomic mass is 10.3. The Hall–Kier alpha value is -0.390. The van der Waals surface area contributed by atoms with Crippen LogP contribution in [0, 0.1) is 0 Å². The summed E-state index contributed by atoms with van der Waals surface area (Å²) in [5, 5.41) is 0. The number of nitrogens with one attached hydrogen (secondary N) is 2. The van der Waals surface area contributed by atoms with E-state index in [0.717, 1.165) is 6.42 Å². The molecule has 1 atom stereocenters. The van der Waals surface area contributed by atoms with Gasteiger partial charge in [-0.2, -0.15) is 0 Å². The first-order valence-electron chi connectivity index (χ1n) is 3.83. The van der Waals surface area contributed by atoms with Crippen LogP contribution < -0.4 is 10.3 Å².